The van der Waals surface area contributed by atoms with Crippen LogP contribution in [0.15, 0.2) is 54.6 Å². The zero-order valence-corrected chi connectivity index (χ0v) is 19.5. The van der Waals surface area contributed by atoms with Gasteiger partial charge in [-0.1, -0.05) is 41.9 Å². The first kappa shape index (κ1) is 22.9. The zero-order chi connectivity index (χ0) is 23.9. The highest BCUT2D eigenvalue weighted by Gasteiger charge is 2.36. The number of thiophene rings is 1. The number of nitrogens with zero attached hydrogens (tertiary/aromatic N) is 4. The lowest BCUT2D eigenvalue weighted by Crippen LogP contribution is -2.39. The maximum absolute atomic E-state index is 13.8. The number of hydrogen-bond acceptors (Lipinski definition) is 4. The molecule has 34 heavy (non-hydrogen) atoms. The van der Waals surface area contributed by atoms with Crippen LogP contribution < -0.4 is 0 Å². The molecule has 1 amide bonds. The molecule has 1 aliphatic heterocycles. The van der Waals surface area contributed by atoms with E-state index < -0.39 is 11.9 Å². The van der Waals surface area contributed by atoms with E-state index in [-0.39, 0.29) is 22.9 Å². The average molecular weight is 505 g/mol. The van der Waals surface area contributed by atoms with Crippen molar-refractivity contribution >= 4 is 34.5 Å². The van der Waals surface area contributed by atoms with E-state index in [0.717, 1.165) is 36.7 Å². The molecule has 0 spiro atoms. The fourth-order valence-corrected chi connectivity index (χ4v) is 5.31. The Kier molecular flexibility index (Phi) is 6.07. The van der Waals surface area contributed by atoms with Gasteiger partial charge in [0.05, 0.1) is 14.9 Å². The number of halogens is 4. The van der Waals surface area contributed by atoms with Crippen molar-refractivity contribution in [3.8, 4) is 10.6 Å². The highest BCUT2D eigenvalue weighted by atomic mass is 35.5. The predicted molar refractivity (Wildman–Crippen MR) is 125 cm³/mol. The Morgan fingerprint density at radius 3 is 2.47 bits per heavy atom. The minimum absolute atomic E-state index is 0.0309. The molecule has 5 rings (SSSR count). The van der Waals surface area contributed by atoms with Crippen LogP contribution in [0.3, 0.4) is 0 Å². The van der Waals surface area contributed by atoms with Crippen molar-refractivity contribution in [1.29, 1.82) is 0 Å². The number of benzene rings is 1. The van der Waals surface area contributed by atoms with Crippen molar-refractivity contribution in [2.45, 2.75) is 25.4 Å². The molecule has 0 atom stereocenters. The van der Waals surface area contributed by atoms with Crippen molar-refractivity contribution in [2.24, 2.45) is 5.92 Å². The van der Waals surface area contributed by atoms with Gasteiger partial charge in [-0.2, -0.15) is 18.3 Å². The second-order valence-electron chi connectivity index (χ2n) is 8.35. The molecule has 4 aromatic rings. The number of carbonyl (C=O) groups is 1. The summed E-state index contributed by atoms with van der Waals surface area (Å²) in [6.45, 7) is 1.09. The Morgan fingerprint density at radius 2 is 1.82 bits per heavy atom. The number of alkyl halides is 3. The van der Waals surface area contributed by atoms with Crippen molar-refractivity contribution in [2.75, 3.05) is 13.1 Å². The number of rotatable bonds is 4. The molecular weight excluding hydrogens is 485 g/mol. The van der Waals surface area contributed by atoms with Crippen LogP contribution in [-0.2, 0) is 12.6 Å². The van der Waals surface area contributed by atoms with Crippen LogP contribution >= 0.6 is 22.9 Å². The summed E-state index contributed by atoms with van der Waals surface area (Å²) in [5.74, 6) is 0.0868. The van der Waals surface area contributed by atoms with Gasteiger partial charge < -0.3 is 4.90 Å². The van der Waals surface area contributed by atoms with Crippen molar-refractivity contribution in [3.05, 3.63) is 75.9 Å². The lowest BCUT2D eigenvalue weighted by molar-refractivity contribution is -0.142. The first-order chi connectivity index (χ1) is 16.3. The monoisotopic (exact) mass is 504 g/mol. The lowest BCUT2D eigenvalue weighted by atomic mass is 9.90. The summed E-state index contributed by atoms with van der Waals surface area (Å²) >= 11 is 7.08. The fraction of sp³-hybridized carbons (Fsp3) is 0.292. The van der Waals surface area contributed by atoms with Crippen molar-refractivity contribution < 1.29 is 18.0 Å². The molecule has 0 radical (unpaired) electrons. The number of aromatic nitrogens is 3. The lowest BCUT2D eigenvalue weighted by Gasteiger charge is -2.31. The predicted octanol–water partition coefficient (Wildman–Crippen LogP) is 6.22. The van der Waals surface area contributed by atoms with Gasteiger partial charge in [-0.25, -0.2) is 9.50 Å². The van der Waals surface area contributed by atoms with Crippen LogP contribution in [0, 0.1) is 5.92 Å². The average Bonchev–Trinajstić information content (AvgIpc) is 3.44. The maximum Gasteiger partial charge on any atom is 0.433 e. The number of carbonyl (C=O) groups excluding carboxylic acids is 1. The Labute approximate surface area is 202 Å². The molecule has 1 fully saturated rings. The van der Waals surface area contributed by atoms with Gasteiger partial charge >= 0.3 is 6.18 Å². The Hall–Kier alpha value is -2.91. The van der Waals surface area contributed by atoms with Gasteiger partial charge in [0, 0.05) is 19.2 Å². The standard InChI is InChI=1S/C24H20ClF3N4OS/c25-21-7-6-19(34-21)17-13-20(24(26,27)28)32-22(29-17)14-18(30-32)23(33)31-10-8-16(9-11-31)12-15-4-2-1-3-5-15/h1-7,13-14,16H,8-12H2. The third-order valence-electron chi connectivity index (χ3n) is 6.03. The smallest absolute Gasteiger partial charge is 0.337 e. The maximum atomic E-state index is 13.8. The molecule has 1 aliphatic rings. The molecule has 0 bridgehead atoms. The molecule has 0 aliphatic carbocycles. The Morgan fingerprint density at radius 1 is 1.09 bits per heavy atom. The van der Waals surface area contributed by atoms with Crippen LogP contribution in [0.5, 0.6) is 0 Å². The summed E-state index contributed by atoms with van der Waals surface area (Å²) in [7, 11) is 0. The largest absolute Gasteiger partial charge is 0.433 e. The summed E-state index contributed by atoms with van der Waals surface area (Å²) in [4.78, 5) is 19.6. The van der Waals surface area contributed by atoms with Crippen LogP contribution in [0.25, 0.3) is 16.2 Å². The molecular formula is C24H20ClF3N4OS. The number of hydrogen-bond donors (Lipinski definition) is 0. The number of amides is 1. The molecule has 0 saturated carbocycles. The van der Waals surface area contributed by atoms with E-state index >= 15 is 0 Å². The normalized spacial score (nSPS) is 15.2. The second-order valence-corrected chi connectivity index (χ2v) is 10.1. The summed E-state index contributed by atoms with van der Waals surface area (Å²) in [5, 5.41) is 4.00. The first-order valence-electron chi connectivity index (χ1n) is 10.8. The first-order valence-corrected chi connectivity index (χ1v) is 12.0. The van der Waals surface area contributed by atoms with Gasteiger partial charge in [-0.05, 0) is 48.9 Å². The van der Waals surface area contributed by atoms with E-state index in [1.54, 1.807) is 17.0 Å². The molecule has 4 heterocycles. The summed E-state index contributed by atoms with van der Waals surface area (Å²) in [5.41, 5.74) is 0.341. The van der Waals surface area contributed by atoms with Crippen LogP contribution in [-0.4, -0.2) is 38.5 Å². The van der Waals surface area contributed by atoms with E-state index in [0.29, 0.717) is 32.7 Å². The molecule has 1 aromatic carbocycles. The molecule has 176 valence electrons. The van der Waals surface area contributed by atoms with Gasteiger partial charge in [-0.15, -0.1) is 11.3 Å². The van der Waals surface area contributed by atoms with E-state index in [2.05, 4.69) is 22.2 Å². The van der Waals surface area contributed by atoms with Crippen LogP contribution in [0.2, 0.25) is 4.34 Å². The molecule has 1 saturated heterocycles. The third-order valence-corrected chi connectivity index (χ3v) is 7.29. The third kappa shape index (κ3) is 4.67. The summed E-state index contributed by atoms with van der Waals surface area (Å²) < 4.78 is 42.5. The summed E-state index contributed by atoms with van der Waals surface area (Å²) in [6.07, 6.45) is -2.04. The topological polar surface area (TPSA) is 50.5 Å². The van der Waals surface area contributed by atoms with Crippen molar-refractivity contribution in [3.63, 3.8) is 0 Å². The highest BCUT2D eigenvalue weighted by Crippen LogP contribution is 2.35. The second kappa shape index (κ2) is 9.03. The van der Waals surface area contributed by atoms with E-state index in [4.69, 9.17) is 11.6 Å². The van der Waals surface area contributed by atoms with Gasteiger partial charge in [0.15, 0.2) is 17.0 Å². The minimum Gasteiger partial charge on any atom is -0.337 e. The minimum atomic E-state index is -4.67. The van der Waals surface area contributed by atoms with Gasteiger partial charge in [0.1, 0.15) is 0 Å². The molecule has 0 N–H and O–H groups in total. The van der Waals surface area contributed by atoms with E-state index in [1.165, 1.54) is 11.6 Å². The van der Waals surface area contributed by atoms with Crippen LogP contribution in [0.4, 0.5) is 13.2 Å². The fourth-order valence-electron chi connectivity index (χ4n) is 4.31. The van der Waals surface area contributed by atoms with Gasteiger partial charge in [0.25, 0.3) is 5.91 Å². The molecule has 5 nitrogen and oxygen atoms in total. The Balaban J connectivity index is 1.38. The van der Waals surface area contributed by atoms with Gasteiger partial charge in [-0.3, -0.25) is 4.79 Å². The number of likely N-dealkylation sites (tertiary alicyclic amines) is 1. The highest BCUT2D eigenvalue weighted by molar-refractivity contribution is 7.19. The van der Waals surface area contributed by atoms with Gasteiger partial charge in [0.2, 0.25) is 0 Å². The number of piperidine rings is 1. The number of fused-ring (bicyclic) bond motifs is 1. The molecule has 0 unspecified atom stereocenters. The zero-order valence-electron chi connectivity index (χ0n) is 17.9. The summed E-state index contributed by atoms with van der Waals surface area (Å²) in [6, 6.07) is 15.7. The SMILES string of the molecule is O=C(c1cc2nc(-c3ccc(Cl)s3)cc(C(F)(F)F)n2n1)N1CCC(Cc2ccccc2)CC1. The quantitative estimate of drug-likeness (QED) is 0.331. The van der Waals surface area contributed by atoms with E-state index in [9.17, 15) is 18.0 Å². The van der Waals surface area contributed by atoms with E-state index in [1.807, 2.05) is 18.2 Å². The molecule has 10 heteroatoms. The Bertz CT molecular complexity index is 1330. The van der Waals surface area contributed by atoms with Crippen molar-refractivity contribution in [1.82, 2.24) is 19.5 Å². The van der Waals surface area contributed by atoms with Crippen LogP contribution in [0.1, 0.15) is 34.6 Å². The molecule has 3 aromatic heterocycles.